The maximum Gasteiger partial charge on any atom is 0.255 e. The zero-order valence-corrected chi connectivity index (χ0v) is 15.8. The number of benzene rings is 2. The van der Waals surface area contributed by atoms with E-state index < -0.39 is 15.9 Å². The number of anilines is 1. The summed E-state index contributed by atoms with van der Waals surface area (Å²) < 4.78 is 31.2. The monoisotopic (exact) mass is 412 g/mol. The van der Waals surface area contributed by atoms with Gasteiger partial charge < -0.3 is 10.1 Å². The number of nitrogens with one attached hydrogen (secondary N) is 1. The number of nitrogens with zero attached hydrogens (tertiary/aromatic N) is 1. The third kappa shape index (κ3) is 3.95. The molecule has 0 fully saturated rings. The van der Waals surface area contributed by atoms with Crippen LogP contribution in [-0.4, -0.2) is 39.8 Å². The fourth-order valence-electron chi connectivity index (χ4n) is 1.94. The quantitative estimate of drug-likeness (QED) is 0.818. The van der Waals surface area contributed by atoms with Crippen molar-refractivity contribution < 1.29 is 17.9 Å². The third-order valence-corrected chi connectivity index (χ3v) is 6.09. The van der Waals surface area contributed by atoms with Crippen molar-refractivity contribution in [3.05, 3.63) is 52.5 Å². The molecule has 0 unspecified atom stereocenters. The Kier molecular flexibility index (Phi) is 5.63. The molecule has 6 nitrogen and oxygen atoms in total. The lowest BCUT2D eigenvalue weighted by molar-refractivity contribution is 0.102. The predicted molar refractivity (Wildman–Crippen MR) is 96.0 cm³/mol. The molecule has 1 N–H and O–H groups in total. The molecule has 24 heavy (non-hydrogen) atoms. The van der Waals surface area contributed by atoms with Gasteiger partial charge in [0.25, 0.3) is 5.91 Å². The molecule has 0 spiro atoms. The van der Waals surface area contributed by atoms with E-state index >= 15 is 0 Å². The summed E-state index contributed by atoms with van der Waals surface area (Å²) in [6.07, 6.45) is 0. The van der Waals surface area contributed by atoms with E-state index in [9.17, 15) is 13.2 Å². The topological polar surface area (TPSA) is 75.7 Å². The molecule has 0 aliphatic heterocycles. The zero-order chi connectivity index (χ0) is 17.9. The van der Waals surface area contributed by atoms with Crippen LogP contribution in [-0.2, 0) is 10.0 Å². The molecule has 0 saturated heterocycles. The van der Waals surface area contributed by atoms with Gasteiger partial charge in [0.2, 0.25) is 10.0 Å². The minimum absolute atomic E-state index is 0.0331. The standard InChI is InChI=1S/C16H17BrN2O4S/c1-19(2)24(21,22)15-9-11(7-8-14(15)17)16(20)18-12-5-4-6-13(10-12)23-3/h4-10H,1-3H3,(H,18,20). The number of ether oxygens (including phenoxy) is 1. The highest BCUT2D eigenvalue weighted by Gasteiger charge is 2.22. The first-order valence-electron chi connectivity index (χ1n) is 6.93. The molecular formula is C16H17BrN2O4S. The Morgan fingerprint density at radius 1 is 1.17 bits per heavy atom. The number of carbonyl (C=O) groups is 1. The van der Waals surface area contributed by atoms with Gasteiger partial charge in [-0.05, 0) is 46.3 Å². The van der Waals surface area contributed by atoms with Gasteiger partial charge in [-0.25, -0.2) is 12.7 Å². The van der Waals surface area contributed by atoms with Crippen LogP contribution in [0, 0.1) is 0 Å². The van der Waals surface area contributed by atoms with Crippen molar-refractivity contribution in [2.45, 2.75) is 4.90 Å². The Hall–Kier alpha value is -1.90. The van der Waals surface area contributed by atoms with Crippen LogP contribution in [0.15, 0.2) is 51.8 Å². The number of amides is 1. The van der Waals surface area contributed by atoms with E-state index in [0.717, 1.165) is 4.31 Å². The largest absolute Gasteiger partial charge is 0.497 e. The van der Waals surface area contributed by atoms with E-state index in [4.69, 9.17) is 4.74 Å². The van der Waals surface area contributed by atoms with Crippen molar-refractivity contribution in [2.75, 3.05) is 26.5 Å². The molecule has 128 valence electrons. The van der Waals surface area contributed by atoms with Crippen LogP contribution in [0.3, 0.4) is 0 Å². The number of hydrogen-bond donors (Lipinski definition) is 1. The lowest BCUT2D eigenvalue weighted by Gasteiger charge is -2.14. The third-order valence-electron chi connectivity index (χ3n) is 3.28. The first kappa shape index (κ1) is 18.4. The molecule has 2 aromatic rings. The normalized spacial score (nSPS) is 11.4. The Bertz CT molecular complexity index is 866. The number of halogens is 1. The average Bonchev–Trinajstić information content (AvgIpc) is 2.55. The van der Waals surface area contributed by atoms with Gasteiger partial charge in [-0.15, -0.1) is 0 Å². The number of methoxy groups -OCH3 is 1. The first-order chi connectivity index (χ1) is 11.3. The Balaban J connectivity index is 2.34. The molecule has 0 saturated carbocycles. The summed E-state index contributed by atoms with van der Waals surface area (Å²) in [4.78, 5) is 12.4. The second-order valence-electron chi connectivity index (χ2n) is 5.12. The second-order valence-corrected chi connectivity index (χ2v) is 8.09. The average molecular weight is 413 g/mol. The van der Waals surface area contributed by atoms with Gasteiger partial charge in [-0.3, -0.25) is 4.79 Å². The Morgan fingerprint density at radius 2 is 1.88 bits per heavy atom. The molecule has 2 aromatic carbocycles. The molecule has 1 amide bonds. The van der Waals surface area contributed by atoms with E-state index in [2.05, 4.69) is 21.2 Å². The van der Waals surface area contributed by atoms with Crippen molar-refractivity contribution in [1.82, 2.24) is 4.31 Å². The summed E-state index contributed by atoms with van der Waals surface area (Å²) in [7, 11) is 0.746. The highest BCUT2D eigenvalue weighted by atomic mass is 79.9. The van der Waals surface area contributed by atoms with Gasteiger partial charge in [0.05, 0.1) is 12.0 Å². The van der Waals surface area contributed by atoms with Crippen LogP contribution < -0.4 is 10.1 Å². The summed E-state index contributed by atoms with van der Waals surface area (Å²) in [5.41, 5.74) is 0.792. The van der Waals surface area contributed by atoms with Gasteiger partial charge in [0.1, 0.15) is 5.75 Å². The zero-order valence-electron chi connectivity index (χ0n) is 13.4. The summed E-state index contributed by atoms with van der Waals surface area (Å²) in [6.45, 7) is 0. The van der Waals surface area contributed by atoms with Crippen molar-refractivity contribution in [1.29, 1.82) is 0 Å². The minimum Gasteiger partial charge on any atom is -0.497 e. The van der Waals surface area contributed by atoms with E-state index in [1.807, 2.05) is 0 Å². The van der Waals surface area contributed by atoms with E-state index in [1.54, 1.807) is 30.3 Å². The van der Waals surface area contributed by atoms with E-state index in [0.29, 0.717) is 15.9 Å². The van der Waals surface area contributed by atoms with Crippen molar-refractivity contribution in [2.24, 2.45) is 0 Å². The van der Waals surface area contributed by atoms with E-state index in [1.165, 1.54) is 33.3 Å². The van der Waals surface area contributed by atoms with Crippen molar-refractivity contribution in [3.63, 3.8) is 0 Å². The number of sulfonamides is 1. The minimum atomic E-state index is -3.66. The van der Waals surface area contributed by atoms with Gasteiger partial charge >= 0.3 is 0 Å². The Labute approximate surface area is 149 Å². The Morgan fingerprint density at radius 3 is 2.50 bits per heavy atom. The molecule has 0 heterocycles. The fourth-order valence-corrected chi connectivity index (χ4v) is 3.79. The summed E-state index contributed by atoms with van der Waals surface area (Å²) >= 11 is 3.22. The van der Waals surface area contributed by atoms with Crippen molar-refractivity contribution in [3.8, 4) is 5.75 Å². The second kappa shape index (κ2) is 7.33. The van der Waals surface area contributed by atoms with Gasteiger partial charge in [-0.1, -0.05) is 6.07 Å². The summed E-state index contributed by atoms with van der Waals surface area (Å²) in [5.74, 6) is 0.199. The molecule has 0 bridgehead atoms. The molecule has 0 aliphatic carbocycles. The maximum absolute atomic E-state index is 12.4. The number of carbonyl (C=O) groups excluding carboxylic acids is 1. The van der Waals surface area contributed by atoms with Crippen LogP contribution in [0.25, 0.3) is 0 Å². The molecule has 2 rings (SSSR count). The lowest BCUT2D eigenvalue weighted by Crippen LogP contribution is -2.23. The number of hydrogen-bond acceptors (Lipinski definition) is 4. The smallest absolute Gasteiger partial charge is 0.255 e. The SMILES string of the molecule is COc1cccc(NC(=O)c2ccc(Br)c(S(=O)(=O)N(C)C)c2)c1. The molecule has 0 aromatic heterocycles. The first-order valence-corrected chi connectivity index (χ1v) is 9.16. The van der Waals surface area contributed by atoms with Crippen LogP contribution in [0.1, 0.15) is 10.4 Å². The van der Waals surface area contributed by atoms with Gasteiger partial charge in [0, 0.05) is 35.9 Å². The fraction of sp³-hybridized carbons (Fsp3) is 0.188. The van der Waals surface area contributed by atoms with Gasteiger partial charge in [-0.2, -0.15) is 0 Å². The van der Waals surface area contributed by atoms with Crippen LogP contribution in [0.2, 0.25) is 0 Å². The molecular weight excluding hydrogens is 396 g/mol. The molecule has 0 aliphatic rings. The highest BCUT2D eigenvalue weighted by molar-refractivity contribution is 9.10. The summed E-state index contributed by atoms with van der Waals surface area (Å²) in [5, 5.41) is 2.72. The maximum atomic E-state index is 12.4. The van der Waals surface area contributed by atoms with E-state index in [-0.39, 0.29) is 10.5 Å². The lowest BCUT2D eigenvalue weighted by atomic mass is 10.2. The van der Waals surface area contributed by atoms with Crippen LogP contribution in [0.5, 0.6) is 5.75 Å². The molecule has 0 radical (unpaired) electrons. The predicted octanol–water partition coefficient (Wildman–Crippen LogP) is 2.96. The van der Waals surface area contributed by atoms with Crippen LogP contribution >= 0.6 is 15.9 Å². The molecule has 8 heteroatoms. The summed E-state index contributed by atoms with van der Waals surface area (Å²) in [6, 6.07) is 11.3. The number of rotatable bonds is 5. The van der Waals surface area contributed by atoms with Crippen molar-refractivity contribution >= 4 is 37.5 Å². The van der Waals surface area contributed by atoms with Crippen LogP contribution in [0.4, 0.5) is 5.69 Å². The highest BCUT2D eigenvalue weighted by Crippen LogP contribution is 2.26. The van der Waals surface area contributed by atoms with Gasteiger partial charge in [0.15, 0.2) is 0 Å². The molecule has 0 atom stereocenters.